The van der Waals surface area contributed by atoms with Crippen molar-refractivity contribution in [3.05, 3.63) is 0 Å². The Kier molecular flexibility index (Phi) is 4.06. The second-order valence-corrected chi connectivity index (χ2v) is 4.16. The number of likely N-dealkylation sites (tertiary alicyclic amines) is 1. The molecule has 1 N–H and O–H groups in total. The van der Waals surface area contributed by atoms with Crippen LogP contribution < -0.4 is 0 Å². The molecule has 1 saturated heterocycles. The fourth-order valence-corrected chi connectivity index (χ4v) is 1.95. The average Bonchev–Trinajstić information content (AvgIpc) is 2.17. The van der Waals surface area contributed by atoms with Gasteiger partial charge in [-0.15, -0.1) is 0 Å². The average molecular weight is 203 g/mol. The quantitative estimate of drug-likeness (QED) is 0.682. The molecule has 1 heterocycles. The third-order valence-corrected chi connectivity index (χ3v) is 3.28. The molecule has 1 aliphatic heterocycles. The lowest BCUT2D eigenvalue weighted by Gasteiger charge is -2.34. The normalized spacial score (nSPS) is 27.1. The summed E-state index contributed by atoms with van der Waals surface area (Å²) in [6, 6.07) is 0. The molecule has 3 nitrogen and oxygen atoms in total. The maximum Gasteiger partial charge on any atom is 0.307 e. The van der Waals surface area contributed by atoms with Crippen LogP contribution in [0.15, 0.2) is 0 Å². The van der Waals surface area contributed by atoms with Crippen LogP contribution in [0.4, 0.5) is 0 Å². The number of hydrogen-bond acceptors (Lipinski definition) is 3. The molecule has 2 unspecified atom stereocenters. The summed E-state index contributed by atoms with van der Waals surface area (Å²) in [6.07, 6.45) is 2.76. The van der Waals surface area contributed by atoms with Crippen LogP contribution in [0.25, 0.3) is 0 Å². The molecule has 0 spiro atoms. The molecule has 2 atom stereocenters. The summed E-state index contributed by atoms with van der Waals surface area (Å²) < 4.78 is 0. The van der Waals surface area contributed by atoms with E-state index in [0.29, 0.717) is 6.54 Å². The predicted octanol–water partition coefficient (Wildman–Crippen LogP) is 1.45. The number of aliphatic carboxylic acids is 1. The monoisotopic (exact) mass is 203 g/mol. The van der Waals surface area contributed by atoms with Crippen LogP contribution in [0.5, 0.6) is 0 Å². The summed E-state index contributed by atoms with van der Waals surface area (Å²) >= 11 is 4.41. The lowest BCUT2D eigenvalue weighted by Crippen LogP contribution is -2.42. The van der Waals surface area contributed by atoms with Gasteiger partial charge in [-0.2, -0.15) is 12.6 Å². The van der Waals surface area contributed by atoms with E-state index in [0.717, 1.165) is 25.8 Å². The first-order chi connectivity index (χ1) is 6.15. The van der Waals surface area contributed by atoms with Crippen LogP contribution in [-0.4, -0.2) is 34.4 Å². The smallest absolute Gasteiger partial charge is 0.307 e. The van der Waals surface area contributed by atoms with Crippen molar-refractivity contribution in [2.45, 2.75) is 31.6 Å². The maximum absolute atomic E-state index is 10.8. The number of rotatable bonds is 3. The fraction of sp³-hybridized carbons (Fsp3) is 0.889. The molecule has 0 aromatic heterocycles. The molecular weight excluding hydrogens is 186 g/mol. The van der Waals surface area contributed by atoms with Crippen LogP contribution in [0.2, 0.25) is 0 Å². The topological polar surface area (TPSA) is 40.5 Å². The molecule has 0 aromatic carbocycles. The van der Waals surface area contributed by atoms with E-state index in [4.69, 9.17) is 5.11 Å². The van der Waals surface area contributed by atoms with Crippen molar-refractivity contribution >= 4 is 18.6 Å². The van der Waals surface area contributed by atoms with Gasteiger partial charge in [0.05, 0.1) is 11.3 Å². The molecule has 0 aliphatic carbocycles. The molecule has 1 fully saturated rings. The zero-order valence-electron chi connectivity index (χ0n) is 7.94. The van der Waals surface area contributed by atoms with Gasteiger partial charge in [-0.1, -0.05) is 6.92 Å². The van der Waals surface area contributed by atoms with Crippen LogP contribution in [0, 0.1) is 5.92 Å². The van der Waals surface area contributed by atoms with Gasteiger partial charge >= 0.3 is 5.97 Å². The van der Waals surface area contributed by atoms with E-state index in [9.17, 15) is 4.79 Å². The van der Waals surface area contributed by atoms with Gasteiger partial charge < -0.3 is 5.11 Å². The Bertz CT molecular complexity index is 186. The van der Waals surface area contributed by atoms with Crippen molar-refractivity contribution in [2.24, 2.45) is 5.92 Å². The van der Waals surface area contributed by atoms with E-state index in [1.165, 1.54) is 0 Å². The van der Waals surface area contributed by atoms with Crippen LogP contribution in [-0.2, 0) is 4.79 Å². The van der Waals surface area contributed by atoms with Crippen molar-refractivity contribution in [1.29, 1.82) is 0 Å². The van der Waals surface area contributed by atoms with Crippen LogP contribution in [0.1, 0.15) is 26.2 Å². The van der Waals surface area contributed by atoms with Gasteiger partial charge in [0.1, 0.15) is 0 Å². The Labute approximate surface area is 84.5 Å². The Morgan fingerprint density at radius 3 is 3.00 bits per heavy atom. The Hall–Kier alpha value is -0.220. The van der Waals surface area contributed by atoms with E-state index in [-0.39, 0.29) is 11.3 Å². The number of hydrogen-bond donors (Lipinski definition) is 2. The van der Waals surface area contributed by atoms with Crippen molar-refractivity contribution in [3.8, 4) is 0 Å². The molecule has 1 rings (SSSR count). The highest BCUT2D eigenvalue weighted by molar-refractivity contribution is 7.80. The summed E-state index contributed by atoms with van der Waals surface area (Å²) in [4.78, 5) is 12.9. The van der Waals surface area contributed by atoms with E-state index in [2.05, 4.69) is 24.5 Å². The van der Waals surface area contributed by atoms with Gasteiger partial charge in [0.2, 0.25) is 0 Å². The largest absolute Gasteiger partial charge is 0.481 e. The standard InChI is InChI=1S/C9H17NO2S/c1-2-8(13)10-5-3-4-7(6-10)9(11)12/h7-8,13H,2-6H2,1H3,(H,11,12). The first-order valence-corrected chi connectivity index (χ1v) is 5.31. The summed E-state index contributed by atoms with van der Waals surface area (Å²) in [5.41, 5.74) is 0. The number of piperidine rings is 1. The minimum absolute atomic E-state index is 0.185. The van der Waals surface area contributed by atoms with Crippen LogP contribution in [0.3, 0.4) is 0 Å². The molecular formula is C9H17NO2S. The first kappa shape index (κ1) is 10.9. The molecule has 13 heavy (non-hydrogen) atoms. The number of thiol groups is 1. The summed E-state index contributed by atoms with van der Waals surface area (Å²) in [5.74, 6) is -0.851. The van der Waals surface area contributed by atoms with Crippen LogP contribution >= 0.6 is 12.6 Å². The van der Waals surface area contributed by atoms with Gasteiger partial charge in [-0.05, 0) is 25.8 Å². The molecule has 0 amide bonds. The molecule has 4 heteroatoms. The first-order valence-electron chi connectivity index (χ1n) is 4.80. The summed E-state index contributed by atoms with van der Waals surface area (Å²) in [6.45, 7) is 3.73. The number of carbonyl (C=O) groups is 1. The second-order valence-electron chi connectivity index (χ2n) is 3.56. The zero-order valence-corrected chi connectivity index (χ0v) is 8.83. The van der Waals surface area contributed by atoms with E-state index >= 15 is 0 Å². The van der Waals surface area contributed by atoms with E-state index < -0.39 is 5.97 Å². The fourth-order valence-electron chi connectivity index (χ4n) is 1.74. The molecule has 1 aliphatic rings. The third-order valence-electron chi connectivity index (χ3n) is 2.59. The summed E-state index contributed by atoms with van der Waals surface area (Å²) in [5, 5.41) is 9.08. The molecule has 0 saturated carbocycles. The van der Waals surface area contributed by atoms with Crippen molar-refractivity contribution in [1.82, 2.24) is 4.90 Å². The lowest BCUT2D eigenvalue weighted by atomic mass is 9.98. The highest BCUT2D eigenvalue weighted by Gasteiger charge is 2.27. The highest BCUT2D eigenvalue weighted by atomic mass is 32.1. The maximum atomic E-state index is 10.8. The molecule has 0 aromatic rings. The van der Waals surface area contributed by atoms with Gasteiger partial charge in [0.15, 0.2) is 0 Å². The van der Waals surface area contributed by atoms with Crippen molar-refractivity contribution in [3.63, 3.8) is 0 Å². The van der Waals surface area contributed by atoms with Crippen molar-refractivity contribution in [2.75, 3.05) is 13.1 Å². The Morgan fingerprint density at radius 2 is 2.46 bits per heavy atom. The number of carboxylic acid groups (broad SMARTS) is 1. The van der Waals surface area contributed by atoms with Crippen molar-refractivity contribution < 1.29 is 9.90 Å². The molecule has 76 valence electrons. The second kappa shape index (κ2) is 4.86. The predicted molar refractivity (Wildman–Crippen MR) is 55.0 cm³/mol. The molecule has 0 bridgehead atoms. The number of nitrogens with zero attached hydrogens (tertiary/aromatic N) is 1. The third kappa shape index (κ3) is 2.88. The van der Waals surface area contributed by atoms with Gasteiger partial charge in [-0.25, -0.2) is 0 Å². The van der Waals surface area contributed by atoms with Gasteiger partial charge in [0.25, 0.3) is 0 Å². The SMILES string of the molecule is CCC(S)N1CCCC(C(=O)O)C1. The van der Waals surface area contributed by atoms with Gasteiger partial charge in [0, 0.05) is 6.54 Å². The lowest BCUT2D eigenvalue weighted by molar-refractivity contribution is -0.143. The minimum Gasteiger partial charge on any atom is -0.481 e. The Morgan fingerprint density at radius 1 is 1.77 bits per heavy atom. The summed E-state index contributed by atoms with van der Waals surface area (Å²) in [7, 11) is 0. The van der Waals surface area contributed by atoms with Gasteiger partial charge in [-0.3, -0.25) is 9.69 Å². The Balaban J connectivity index is 2.46. The highest BCUT2D eigenvalue weighted by Crippen LogP contribution is 2.21. The van der Waals surface area contributed by atoms with E-state index in [1.807, 2.05) is 0 Å². The number of carboxylic acids is 1. The zero-order chi connectivity index (χ0) is 9.84. The minimum atomic E-state index is -0.665. The van der Waals surface area contributed by atoms with E-state index in [1.54, 1.807) is 0 Å². The molecule has 0 radical (unpaired) electrons.